The lowest BCUT2D eigenvalue weighted by molar-refractivity contribution is -0.132. The first-order valence-corrected chi connectivity index (χ1v) is 9.94. The van der Waals surface area contributed by atoms with Crippen LogP contribution in [0.25, 0.3) is 0 Å². The number of nitrogens with zero attached hydrogens (tertiary/aromatic N) is 6. The van der Waals surface area contributed by atoms with Crippen molar-refractivity contribution in [3.8, 4) is 0 Å². The molecular weight excluding hydrogens is 412 g/mol. The molecule has 2 unspecified atom stereocenters. The molecule has 2 aromatic rings. The predicted molar refractivity (Wildman–Crippen MR) is 106 cm³/mol. The number of piperazine rings is 1. The number of benzene rings is 1. The van der Waals surface area contributed by atoms with Gasteiger partial charge in [-0.1, -0.05) is 5.21 Å². The Kier molecular flexibility index (Phi) is 5.72. The number of cyclic esters (lactones) is 1. The molecular formula is C19H23F2N7O3. The van der Waals surface area contributed by atoms with E-state index in [1.807, 2.05) is 0 Å². The standard InChI is InChI=1S/C19H23F2N7O3/c1-12(22)18(29)26-6-4-25(5-7-26)17-15(20)8-13(9-16(17)21)28-11-14(31-19(28)30)10-27-3-2-23-24-27/h2-3,8-9,12,14H,4-7,10-11,22H2,1H3. The highest BCUT2D eigenvalue weighted by Crippen LogP contribution is 2.31. The number of nitrogens with two attached hydrogens (primary N) is 1. The Labute approximate surface area is 177 Å². The molecule has 0 aliphatic carbocycles. The number of anilines is 2. The van der Waals surface area contributed by atoms with E-state index in [2.05, 4.69) is 10.3 Å². The third-order valence-electron chi connectivity index (χ3n) is 5.35. The summed E-state index contributed by atoms with van der Waals surface area (Å²) >= 11 is 0. The van der Waals surface area contributed by atoms with Gasteiger partial charge in [-0.25, -0.2) is 18.3 Å². The van der Waals surface area contributed by atoms with Gasteiger partial charge in [-0.15, -0.1) is 5.10 Å². The van der Waals surface area contributed by atoms with E-state index in [0.717, 1.165) is 12.1 Å². The fourth-order valence-electron chi connectivity index (χ4n) is 3.81. The highest BCUT2D eigenvalue weighted by atomic mass is 19.1. The van der Waals surface area contributed by atoms with Crippen LogP contribution in [-0.2, 0) is 16.1 Å². The molecule has 0 spiro atoms. The molecule has 2 aliphatic heterocycles. The molecule has 4 rings (SSSR count). The van der Waals surface area contributed by atoms with Crippen molar-refractivity contribution in [2.24, 2.45) is 5.73 Å². The van der Waals surface area contributed by atoms with Crippen LogP contribution in [0.5, 0.6) is 0 Å². The lowest BCUT2D eigenvalue weighted by atomic mass is 10.2. The number of carbonyl (C=O) groups excluding carboxylic acids is 2. The molecule has 0 bridgehead atoms. The van der Waals surface area contributed by atoms with E-state index in [4.69, 9.17) is 10.5 Å². The van der Waals surface area contributed by atoms with Gasteiger partial charge in [0.1, 0.15) is 11.8 Å². The van der Waals surface area contributed by atoms with Crippen molar-refractivity contribution in [2.45, 2.75) is 25.6 Å². The smallest absolute Gasteiger partial charge is 0.414 e. The van der Waals surface area contributed by atoms with Crippen molar-refractivity contribution in [1.29, 1.82) is 0 Å². The zero-order chi connectivity index (χ0) is 22.1. The predicted octanol–water partition coefficient (Wildman–Crippen LogP) is 0.578. The second kappa shape index (κ2) is 8.46. The van der Waals surface area contributed by atoms with Crippen LogP contribution in [0.4, 0.5) is 25.0 Å². The molecule has 12 heteroatoms. The van der Waals surface area contributed by atoms with Crippen LogP contribution in [0.1, 0.15) is 6.92 Å². The van der Waals surface area contributed by atoms with Gasteiger partial charge < -0.3 is 20.3 Å². The summed E-state index contributed by atoms with van der Waals surface area (Å²) in [5.74, 6) is -1.76. The second-order valence-corrected chi connectivity index (χ2v) is 7.60. The fraction of sp³-hybridized carbons (Fsp3) is 0.474. The second-order valence-electron chi connectivity index (χ2n) is 7.60. The Hall–Kier alpha value is -3.28. The number of hydrogen-bond acceptors (Lipinski definition) is 7. The van der Waals surface area contributed by atoms with Gasteiger partial charge in [0.2, 0.25) is 5.91 Å². The van der Waals surface area contributed by atoms with Crippen LogP contribution in [0.2, 0.25) is 0 Å². The van der Waals surface area contributed by atoms with Crippen molar-refractivity contribution in [3.05, 3.63) is 36.2 Å². The van der Waals surface area contributed by atoms with Gasteiger partial charge in [-0.2, -0.15) is 0 Å². The van der Waals surface area contributed by atoms with Crippen molar-refractivity contribution >= 4 is 23.4 Å². The quantitative estimate of drug-likeness (QED) is 0.732. The van der Waals surface area contributed by atoms with Crippen LogP contribution in [-0.4, -0.2) is 76.8 Å². The van der Waals surface area contributed by atoms with Gasteiger partial charge >= 0.3 is 6.09 Å². The van der Waals surface area contributed by atoms with Crippen molar-refractivity contribution in [3.63, 3.8) is 0 Å². The number of hydrogen-bond donors (Lipinski definition) is 1. The monoisotopic (exact) mass is 435 g/mol. The van der Waals surface area contributed by atoms with Crippen LogP contribution < -0.4 is 15.5 Å². The Balaban J connectivity index is 1.45. The van der Waals surface area contributed by atoms with E-state index >= 15 is 0 Å². The van der Waals surface area contributed by atoms with Crippen LogP contribution in [0, 0.1) is 11.6 Å². The average molecular weight is 435 g/mol. The third kappa shape index (κ3) is 4.29. The summed E-state index contributed by atoms with van der Waals surface area (Å²) in [5, 5.41) is 7.51. The largest absolute Gasteiger partial charge is 0.442 e. The SMILES string of the molecule is CC(N)C(=O)N1CCN(c2c(F)cc(N3CC(Cn4ccnn4)OC3=O)cc2F)CC1. The van der Waals surface area contributed by atoms with E-state index < -0.39 is 29.9 Å². The van der Waals surface area contributed by atoms with Crippen molar-refractivity contribution in [2.75, 3.05) is 42.5 Å². The minimum absolute atomic E-state index is 0.0793. The summed E-state index contributed by atoms with van der Waals surface area (Å²) in [6.45, 7) is 3.22. The zero-order valence-corrected chi connectivity index (χ0v) is 16.9. The first-order valence-electron chi connectivity index (χ1n) is 9.94. The van der Waals surface area contributed by atoms with Gasteiger partial charge in [0.25, 0.3) is 0 Å². The van der Waals surface area contributed by atoms with Crippen molar-refractivity contribution in [1.82, 2.24) is 19.9 Å². The molecule has 0 radical (unpaired) electrons. The molecule has 2 aliphatic rings. The van der Waals surface area contributed by atoms with E-state index in [0.29, 0.717) is 13.1 Å². The maximum absolute atomic E-state index is 14.9. The van der Waals surface area contributed by atoms with Crippen LogP contribution >= 0.6 is 0 Å². The molecule has 0 saturated carbocycles. The summed E-state index contributed by atoms with van der Waals surface area (Å²) in [5.41, 5.74) is 5.52. The topological polar surface area (TPSA) is 110 Å². The van der Waals surface area contributed by atoms with E-state index in [1.165, 1.54) is 15.8 Å². The number of halogens is 2. The number of aromatic nitrogens is 3. The lowest BCUT2D eigenvalue weighted by Gasteiger charge is -2.37. The number of rotatable bonds is 5. The van der Waals surface area contributed by atoms with E-state index in [-0.39, 0.29) is 43.5 Å². The maximum Gasteiger partial charge on any atom is 0.414 e. The maximum atomic E-state index is 14.9. The van der Waals surface area contributed by atoms with E-state index in [1.54, 1.807) is 22.9 Å². The molecule has 3 heterocycles. The fourth-order valence-corrected chi connectivity index (χ4v) is 3.81. The Bertz CT molecular complexity index is 938. The molecule has 1 aromatic carbocycles. The molecule has 31 heavy (non-hydrogen) atoms. The number of amides is 2. The summed E-state index contributed by atoms with van der Waals surface area (Å²) in [6, 6.07) is 1.63. The molecule has 2 amide bonds. The average Bonchev–Trinajstić information content (AvgIpc) is 3.37. The number of ether oxygens (including phenoxy) is 1. The molecule has 1 aromatic heterocycles. The zero-order valence-electron chi connectivity index (χ0n) is 16.9. The normalized spacial score (nSPS) is 20.2. The van der Waals surface area contributed by atoms with Crippen LogP contribution in [0.15, 0.2) is 24.5 Å². The minimum Gasteiger partial charge on any atom is -0.442 e. The van der Waals surface area contributed by atoms with E-state index in [9.17, 15) is 18.4 Å². The van der Waals surface area contributed by atoms with Gasteiger partial charge in [0, 0.05) is 44.5 Å². The van der Waals surface area contributed by atoms with Gasteiger partial charge in [-0.3, -0.25) is 9.69 Å². The molecule has 2 fully saturated rings. The highest BCUT2D eigenvalue weighted by Gasteiger charge is 2.34. The van der Waals surface area contributed by atoms with Gasteiger partial charge in [0.15, 0.2) is 11.6 Å². The first kappa shape index (κ1) is 21.0. The molecule has 2 saturated heterocycles. The number of carbonyl (C=O) groups is 2. The first-order chi connectivity index (χ1) is 14.8. The van der Waals surface area contributed by atoms with Gasteiger partial charge in [0.05, 0.1) is 31.0 Å². The Morgan fingerprint density at radius 2 is 1.94 bits per heavy atom. The summed E-state index contributed by atoms with van der Waals surface area (Å²) < 4.78 is 36.5. The minimum atomic E-state index is -0.783. The summed E-state index contributed by atoms with van der Waals surface area (Å²) in [4.78, 5) is 28.6. The van der Waals surface area contributed by atoms with Crippen molar-refractivity contribution < 1.29 is 23.1 Å². The summed E-state index contributed by atoms with van der Waals surface area (Å²) in [7, 11) is 0. The molecule has 2 atom stereocenters. The van der Waals surface area contributed by atoms with Gasteiger partial charge in [-0.05, 0) is 6.92 Å². The van der Waals surface area contributed by atoms with Crippen LogP contribution in [0.3, 0.4) is 0 Å². The highest BCUT2D eigenvalue weighted by molar-refractivity contribution is 5.90. The molecule has 166 valence electrons. The third-order valence-corrected chi connectivity index (χ3v) is 5.35. The summed E-state index contributed by atoms with van der Waals surface area (Å²) in [6.07, 6.45) is 1.94. The molecule has 10 nitrogen and oxygen atoms in total. The Morgan fingerprint density at radius 1 is 1.26 bits per heavy atom. The lowest BCUT2D eigenvalue weighted by Crippen LogP contribution is -2.52. The Morgan fingerprint density at radius 3 is 2.52 bits per heavy atom. The molecule has 2 N–H and O–H groups in total.